The highest BCUT2D eigenvalue weighted by atomic mass is 16.5. The molecule has 0 spiro atoms. The SMILES string of the molecule is C/C(=C\C=C(/C)C(C)/C=C\C(C)C(C)CCC(C)C)COc1ccc(C)cc1. The Morgan fingerprint density at radius 2 is 1.54 bits per heavy atom. The van der Waals surface area contributed by atoms with E-state index >= 15 is 0 Å². The second kappa shape index (κ2) is 12.6. The summed E-state index contributed by atoms with van der Waals surface area (Å²) in [5.74, 6) is 3.57. The van der Waals surface area contributed by atoms with Crippen LogP contribution in [-0.4, -0.2) is 6.61 Å². The van der Waals surface area contributed by atoms with Gasteiger partial charge in [-0.15, -0.1) is 0 Å². The van der Waals surface area contributed by atoms with Crippen LogP contribution in [0.3, 0.4) is 0 Å². The number of allylic oxidation sites excluding steroid dienone is 5. The molecule has 0 bridgehead atoms. The highest BCUT2D eigenvalue weighted by Gasteiger charge is 2.10. The standard InChI is InChI=1S/C27H42O/c1-20(2)9-13-23(5)25(7)15-16-26(8)24(6)14-10-22(4)19-28-27-17-11-21(3)12-18-27/h10-12,14-18,20,23,25-26H,9,13,19H2,1-8H3/b16-15-,22-10+,24-14+. The van der Waals surface area contributed by atoms with Crippen LogP contribution in [0.25, 0.3) is 0 Å². The molecule has 0 aliphatic heterocycles. The Hall–Kier alpha value is -1.76. The van der Waals surface area contributed by atoms with Gasteiger partial charge in [-0.2, -0.15) is 0 Å². The Morgan fingerprint density at radius 1 is 0.893 bits per heavy atom. The fraction of sp³-hybridized carbons (Fsp3) is 0.556. The van der Waals surface area contributed by atoms with Crippen LogP contribution in [0.15, 0.2) is 59.7 Å². The summed E-state index contributed by atoms with van der Waals surface area (Å²) in [5.41, 5.74) is 3.86. The molecule has 156 valence electrons. The van der Waals surface area contributed by atoms with Gasteiger partial charge in [-0.3, -0.25) is 0 Å². The van der Waals surface area contributed by atoms with Crippen LogP contribution in [0.5, 0.6) is 5.75 Å². The minimum Gasteiger partial charge on any atom is -0.489 e. The Bertz CT molecular complexity index is 645. The zero-order valence-electron chi connectivity index (χ0n) is 19.5. The van der Waals surface area contributed by atoms with Crippen LogP contribution in [0, 0.1) is 30.6 Å². The summed E-state index contributed by atoms with van der Waals surface area (Å²) in [6.07, 6.45) is 11.8. The second-order valence-electron chi connectivity index (χ2n) is 9.01. The summed E-state index contributed by atoms with van der Waals surface area (Å²) in [7, 11) is 0. The maximum Gasteiger partial charge on any atom is 0.119 e. The minimum absolute atomic E-state index is 0.460. The molecular weight excluding hydrogens is 340 g/mol. The van der Waals surface area contributed by atoms with Crippen molar-refractivity contribution in [3.05, 3.63) is 65.3 Å². The Kier molecular flexibility index (Phi) is 11.0. The summed E-state index contributed by atoms with van der Waals surface area (Å²) in [6.45, 7) is 18.7. The van der Waals surface area contributed by atoms with Gasteiger partial charge in [0, 0.05) is 0 Å². The van der Waals surface area contributed by atoms with E-state index in [1.807, 2.05) is 12.1 Å². The van der Waals surface area contributed by atoms with Gasteiger partial charge in [-0.05, 0) is 68.6 Å². The highest BCUT2D eigenvalue weighted by molar-refractivity contribution is 5.27. The van der Waals surface area contributed by atoms with E-state index in [0.717, 1.165) is 17.6 Å². The molecule has 1 aromatic carbocycles. The van der Waals surface area contributed by atoms with E-state index in [-0.39, 0.29) is 0 Å². The van der Waals surface area contributed by atoms with Crippen LogP contribution in [-0.2, 0) is 0 Å². The maximum atomic E-state index is 5.85. The Labute approximate surface area is 174 Å². The normalized spacial score (nSPS) is 16.5. The van der Waals surface area contributed by atoms with Crippen molar-refractivity contribution in [1.82, 2.24) is 0 Å². The Balaban J connectivity index is 2.51. The molecule has 1 heteroatoms. The van der Waals surface area contributed by atoms with Crippen LogP contribution in [0.1, 0.15) is 66.9 Å². The lowest BCUT2D eigenvalue weighted by Crippen LogP contribution is -2.07. The van der Waals surface area contributed by atoms with E-state index in [1.54, 1.807) is 0 Å². The molecule has 0 amide bonds. The van der Waals surface area contributed by atoms with E-state index in [4.69, 9.17) is 4.74 Å². The van der Waals surface area contributed by atoms with Crippen LogP contribution >= 0.6 is 0 Å². The molecular formula is C27H42O. The van der Waals surface area contributed by atoms with Crippen molar-refractivity contribution >= 4 is 0 Å². The molecule has 3 unspecified atom stereocenters. The summed E-state index contributed by atoms with van der Waals surface area (Å²) in [6, 6.07) is 8.22. The smallest absolute Gasteiger partial charge is 0.119 e. The fourth-order valence-corrected chi connectivity index (χ4v) is 2.85. The molecule has 0 aromatic heterocycles. The van der Waals surface area contributed by atoms with Crippen LogP contribution in [0.4, 0.5) is 0 Å². The fourth-order valence-electron chi connectivity index (χ4n) is 2.85. The summed E-state index contributed by atoms with van der Waals surface area (Å²) in [4.78, 5) is 0. The Morgan fingerprint density at radius 3 is 2.14 bits per heavy atom. The first kappa shape index (κ1) is 24.3. The molecule has 0 saturated carbocycles. The maximum absolute atomic E-state index is 5.85. The van der Waals surface area contributed by atoms with Gasteiger partial charge >= 0.3 is 0 Å². The third-order valence-corrected chi connectivity index (χ3v) is 5.64. The van der Waals surface area contributed by atoms with Crippen LogP contribution < -0.4 is 4.74 Å². The van der Waals surface area contributed by atoms with Crippen molar-refractivity contribution < 1.29 is 4.74 Å². The van der Waals surface area contributed by atoms with Gasteiger partial charge in [0.2, 0.25) is 0 Å². The van der Waals surface area contributed by atoms with Gasteiger partial charge in [0.15, 0.2) is 0 Å². The molecule has 1 nitrogen and oxygen atoms in total. The lowest BCUT2D eigenvalue weighted by atomic mass is 9.88. The third kappa shape index (κ3) is 9.97. The zero-order chi connectivity index (χ0) is 21.1. The van der Waals surface area contributed by atoms with Crippen LogP contribution in [0.2, 0.25) is 0 Å². The summed E-state index contributed by atoms with van der Waals surface area (Å²) >= 11 is 0. The number of hydrogen-bond acceptors (Lipinski definition) is 1. The number of aryl methyl sites for hydroxylation is 1. The number of hydrogen-bond donors (Lipinski definition) is 0. The van der Waals surface area contributed by atoms with Gasteiger partial charge in [0.1, 0.15) is 12.4 Å². The number of ether oxygens (including phenoxy) is 1. The van der Waals surface area contributed by atoms with E-state index < -0.39 is 0 Å². The van der Waals surface area contributed by atoms with Gasteiger partial charge in [0.05, 0.1) is 0 Å². The third-order valence-electron chi connectivity index (χ3n) is 5.64. The second-order valence-corrected chi connectivity index (χ2v) is 9.01. The zero-order valence-corrected chi connectivity index (χ0v) is 19.5. The molecule has 0 saturated heterocycles. The number of benzene rings is 1. The van der Waals surface area contributed by atoms with E-state index in [2.05, 4.69) is 91.8 Å². The molecule has 0 N–H and O–H groups in total. The quantitative estimate of drug-likeness (QED) is 0.277. The first-order valence-corrected chi connectivity index (χ1v) is 10.9. The van der Waals surface area contributed by atoms with Gasteiger partial charge < -0.3 is 4.74 Å². The molecule has 0 heterocycles. The van der Waals surface area contributed by atoms with Gasteiger partial charge in [-0.25, -0.2) is 0 Å². The largest absolute Gasteiger partial charge is 0.489 e. The molecule has 3 atom stereocenters. The summed E-state index contributed by atoms with van der Waals surface area (Å²) < 4.78 is 5.85. The average molecular weight is 383 g/mol. The van der Waals surface area contributed by atoms with Gasteiger partial charge in [-0.1, -0.05) is 88.6 Å². The van der Waals surface area contributed by atoms with Crippen molar-refractivity contribution in [3.8, 4) is 5.75 Å². The van der Waals surface area contributed by atoms with Crippen molar-refractivity contribution in [2.45, 2.75) is 68.2 Å². The minimum atomic E-state index is 0.460. The molecule has 1 aromatic rings. The molecule has 1 rings (SSSR count). The lowest BCUT2D eigenvalue weighted by molar-refractivity contribution is 0.352. The number of rotatable bonds is 11. The molecule has 28 heavy (non-hydrogen) atoms. The van der Waals surface area contributed by atoms with Gasteiger partial charge in [0.25, 0.3) is 0 Å². The first-order valence-electron chi connectivity index (χ1n) is 10.9. The molecule has 0 fully saturated rings. The monoisotopic (exact) mass is 382 g/mol. The average Bonchev–Trinajstić information content (AvgIpc) is 2.67. The van der Waals surface area contributed by atoms with Crippen molar-refractivity contribution in [2.75, 3.05) is 6.61 Å². The first-order chi connectivity index (χ1) is 13.2. The predicted molar refractivity (Wildman–Crippen MR) is 125 cm³/mol. The molecule has 0 aliphatic carbocycles. The topological polar surface area (TPSA) is 9.23 Å². The van der Waals surface area contributed by atoms with E-state index in [0.29, 0.717) is 18.4 Å². The predicted octanol–water partition coefficient (Wildman–Crippen LogP) is 8.17. The molecule has 0 radical (unpaired) electrons. The van der Waals surface area contributed by atoms with E-state index in [9.17, 15) is 0 Å². The lowest BCUT2D eigenvalue weighted by Gasteiger charge is -2.18. The van der Waals surface area contributed by atoms with E-state index in [1.165, 1.54) is 29.6 Å². The van der Waals surface area contributed by atoms with Crippen molar-refractivity contribution in [2.24, 2.45) is 23.7 Å². The molecule has 0 aliphatic rings. The summed E-state index contributed by atoms with van der Waals surface area (Å²) in [5, 5.41) is 0. The van der Waals surface area contributed by atoms with Crippen molar-refractivity contribution in [3.63, 3.8) is 0 Å². The van der Waals surface area contributed by atoms with Crippen molar-refractivity contribution in [1.29, 1.82) is 0 Å². The highest BCUT2D eigenvalue weighted by Crippen LogP contribution is 2.22.